The Morgan fingerprint density at radius 3 is 2.62 bits per heavy atom. The van der Waals surface area contributed by atoms with E-state index in [-0.39, 0.29) is 10.6 Å². The summed E-state index contributed by atoms with van der Waals surface area (Å²) in [7, 11) is 0. The second-order valence-corrected chi connectivity index (χ2v) is 6.39. The van der Waals surface area contributed by atoms with Crippen molar-refractivity contribution in [2.75, 3.05) is 16.5 Å². The molecule has 0 unspecified atom stereocenters. The maximum atomic E-state index is 11.1. The van der Waals surface area contributed by atoms with Crippen LogP contribution in [0.1, 0.15) is 11.1 Å². The van der Waals surface area contributed by atoms with Crippen LogP contribution in [-0.2, 0) is 13.1 Å². The van der Waals surface area contributed by atoms with Gasteiger partial charge in [0.25, 0.3) is 5.69 Å². The largest absolute Gasteiger partial charge is 0.349 e. The normalized spacial score (nSPS) is 15.2. The smallest absolute Gasteiger partial charge is 0.271 e. The van der Waals surface area contributed by atoms with E-state index >= 15 is 0 Å². The number of benzene rings is 3. The molecule has 3 aromatic carbocycles. The standard InChI is InChI=1S/C19H15N3O2/c23-22(24)15-7-5-14-10-20-12-21(19(14)9-15)11-17-16-4-2-1-3-13(16)6-8-18(17)20/h1-9H,10-12H2. The van der Waals surface area contributed by atoms with Crippen molar-refractivity contribution >= 4 is 27.8 Å². The monoisotopic (exact) mass is 317 g/mol. The van der Waals surface area contributed by atoms with E-state index in [0.29, 0.717) is 0 Å². The first-order chi connectivity index (χ1) is 11.7. The molecule has 5 nitrogen and oxygen atoms in total. The van der Waals surface area contributed by atoms with Crippen molar-refractivity contribution in [3.8, 4) is 0 Å². The molecule has 24 heavy (non-hydrogen) atoms. The zero-order valence-electron chi connectivity index (χ0n) is 13.0. The molecule has 0 aromatic heterocycles. The fourth-order valence-corrected chi connectivity index (χ4v) is 3.91. The third kappa shape index (κ3) is 1.81. The molecule has 2 bridgehead atoms. The highest BCUT2D eigenvalue weighted by atomic mass is 16.6. The van der Waals surface area contributed by atoms with E-state index in [2.05, 4.69) is 46.2 Å². The van der Waals surface area contributed by atoms with Gasteiger partial charge >= 0.3 is 0 Å². The molecule has 0 radical (unpaired) electrons. The van der Waals surface area contributed by atoms with Crippen molar-refractivity contribution in [2.45, 2.75) is 13.1 Å². The summed E-state index contributed by atoms with van der Waals surface area (Å²) in [6.07, 6.45) is 0. The number of fused-ring (bicyclic) bond motifs is 8. The minimum Gasteiger partial charge on any atom is -0.349 e. The quantitative estimate of drug-likeness (QED) is 0.502. The van der Waals surface area contributed by atoms with E-state index in [1.54, 1.807) is 12.1 Å². The maximum Gasteiger partial charge on any atom is 0.271 e. The van der Waals surface area contributed by atoms with Crippen molar-refractivity contribution in [3.05, 3.63) is 75.8 Å². The molecule has 5 heteroatoms. The number of anilines is 2. The van der Waals surface area contributed by atoms with Gasteiger partial charge in [0.05, 0.1) is 17.3 Å². The van der Waals surface area contributed by atoms with Gasteiger partial charge in [-0.3, -0.25) is 10.1 Å². The zero-order chi connectivity index (χ0) is 16.3. The number of nitro groups is 1. The minimum absolute atomic E-state index is 0.158. The van der Waals surface area contributed by atoms with E-state index in [9.17, 15) is 10.1 Å². The number of nitro benzene ring substituents is 1. The molecular formula is C19H15N3O2. The first-order valence-electron chi connectivity index (χ1n) is 7.98. The molecule has 0 aliphatic carbocycles. The number of hydrogen-bond donors (Lipinski definition) is 0. The average molecular weight is 317 g/mol. The lowest BCUT2D eigenvalue weighted by Gasteiger charge is -2.45. The van der Waals surface area contributed by atoms with Crippen molar-refractivity contribution in [2.24, 2.45) is 0 Å². The van der Waals surface area contributed by atoms with Gasteiger partial charge in [-0.15, -0.1) is 0 Å². The molecule has 5 rings (SSSR count). The van der Waals surface area contributed by atoms with E-state index in [1.807, 2.05) is 6.07 Å². The molecule has 0 atom stereocenters. The van der Waals surface area contributed by atoms with Crippen LogP contribution in [0.3, 0.4) is 0 Å². The second-order valence-electron chi connectivity index (χ2n) is 6.39. The molecular weight excluding hydrogens is 302 g/mol. The second kappa shape index (κ2) is 4.71. The minimum atomic E-state index is -0.319. The fourth-order valence-electron chi connectivity index (χ4n) is 3.91. The highest BCUT2D eigenvalue weighted by Gasteiger charge is 2.31. The van der Waals surface area contributed by atoms with E-state index < -0.39 is 0 Å². The van der Waals surface area contributed by atoms with Crippen LogP contribution in [0.5, 0.6) is 0 Å². The zero-order valence-corrected chi connectivity index (χ0v) is 13.0. The van der Waals surface area contributed by atoms with Gasteiger partial charge in [0.15, 0.2) is 0 Å². The average Bonchev–Trinajstić information content (AvgIpc) is 2.61. The summed E-state index contributed by atoms with van der Waals surface area (Å²) in [4.78, 5) is 15.4. The maximum absolute atomic E-state index is 11.1. The van der Waals surface area contributed by atoms with Gasteiger partial charge in [-0.1, -0.05) is 30.3 Å². The summed E-state index contributed by atoms with van der Waals surface area (Å²) in [5.41, 5.74) is 4.86. The molecule has 0 spiro atoms. The van der Waals surface area contributed by atoms with Crippen LogP contribution in [0, 0.1) is 10.1 Å². The van der Waals surface area contributed by atoms with Crippen molar-refractivity contribution in [3.63, 3.8) is 0 Å². The predicted octanol–water partition coefficient (Wildman–Crippen LogP) is 4.05. The Morgan fingerprint density at radius 2 is 1.75 bits per heavy atom. The van der Waals surface area contributed by atoms with E-state index in [0.717, 1.165) is 31.0 Å². The number of rotatable bonds is 1. The lowest BCUT2D eigenvalue weighted by atomic mass is 9.96. The van der Waals surface area contributed by atoms with Crippen molar-refractivity contribution in [1.29, 1.82) is 0 Å². The topological polar surface area (TPSA) is 49.6 Å². The number of nitrogens with zero attached hydrogens (tertiary/aromatic N) is 3. The van der Waals surface area contributed by atoms with Crippen LogP contribution >= 0.6 is 0 Å². The molecule has 2 aliphatic heterocycles. The summed E-state index contributed by atoms with van der Waals surface area (Å²) >= 11 is 0. The van der Waals surface area contributed by atoms with Gasteiger partial charge in [0.1, 0.15) is 0 Å². The fraction of sp³-hybridized carbons (Fsp3) is 0.158. The van der Waals surface area contributed by atoms with Crippen LogP contribution in [0.2, 0.25) is 0 Å². The molecule has 2 aliphatic rings. The SMILES string of the molecule is O=[N+]([O-])c1ccc2c(c1)N1Cc3c(ccc4ccccc34)N(C2)C1. The first-order valence-corrected chi connectivity index (χ1v) is 7.98. The Kier molecular flexibility index (Phi) is 2.62. The van der Waals surface area contributed by atoms with Gasteiger partial charge in [0, 0.05) is 36.5 Å². The van der Waals surface area contributed by atoms with Crippen LogP contribution in [0.15, 0.2) is 54.6 Å². The Balaban J connectivity index is 1.67. The molecule has 3 aromatic rings. The predicted molar refractivity (Wildman–Crippen MR) is 94.3 cm³/mol. The number of hydrogen-bond acceptors (Lipinski definition) is 4. The summed E-state index contributed by atoms with van der Waals surface area (Å²) in [6, 6.07) is 18.0. The molecule has 0 N–H and O–H groups in total. The lowest BCUT2D eigenvalue weighted by Crippen LogP contribution is -2.46. The van der Waals surface area contributed by atoms with Crippen LogP contribution < -0.4 is 9.80 Å². The van der Waals surface area contributed by atoms with Gasteiger partial charge in [-0.05, 0) is 28.5 Å². The third-order valence-electron chi connectivity index (χ3n) is 5.03. The first kappa shape index (κ1) is 13.4. The van der Waals surface area contributed by atoms with Crippen LogP contribution in [-0.4, -0.2) is 11.6 Å². The molecule has 2 heterocycles. The third-order valence-corrected chi connectivity index (χ3v) is 5.03. The van der Waals surface area contributed by atoms with Gasteiger partial charge in [-0.2, -0.15) is 0 Å². The Bertz CT molecular complexity index is 999. The summed E-state index contributed by atoms with van der Waals surface area (Å²) < 4.78 is 0. The van der Waals surface area contributed by atoms with Crippen LogP contribution in [0.4, 0.5) is 17.1 Å². The highest BCUT2D eigenvalue weighted by Crippen LogP contribution is 2.41. The van der Waals surface area contributed by atoms with Gasteiger partial charge in [-0.25, -0.2) is 0 Å². The lowest BCUT2D eigenvalue weighted by molar-refractivity contribution is -0.384. The van der Waals surface area contributed by atoms with Crippen molar-refractivity contribution < 1.29 is 4.92 Å². The molecule has 0 saturated carbocycles. The van der Waals surface area contributed by atoms with Gasteiger partial charge < -0.3 is 9.80 Å². The summed E-state index contributed by atoms with van der Waals surface area (Å²) in [6.45, 7) is 2.34. The molecule has 0 fully saturated rings. The summed E-state index contributed by atoms with van der Waals surface area (Å²) in [5, 5.41) is 13.6. The van der Waals surface area contributed by atoms with E-state index in [4.69, 9.17) is 0 Å². The molecule has 0 saturated heterocycles. The summed E-state index contributed by atoms with van der Waals surface area (Å²) in [5.74, 6) is 0. The van der Waals surface area contributed by atoms with Gasteiger partial charge in [0.2, 0.25) is 0 Å². The van der Waals surface area contributed by atoms with E-state index in [1.165, 1.54) is 22.0 Å². The highest BCUT2D eigenvalue weighted by molar-refractivity contribution is 5.91. The Morgan fingerprint density at radius 1 is 0.917 bits per heavy atom. The number of non-ortho nitro benzene ring substituents is 1. The molecule has 118 valence electrons. The molecule has 0 amide bonds. The van der Waals surface area contributed by atoms with Crippen LogP contribution in [0.25, 0.3) is 10.8 Å². The Labute approximate surface area is 138 Å². The Hall–Kier alpha value is -3.08. The van der Waals surface area contributed by atoms with Crippen molar-refractivity contribution in [1.82, 2.24) is 0 Å².